The molecule has 0 unspecified atom stereocenters. The van der Waals surface area contributed by atoms with Crippen molar-refractivity contribution in [2.75, 3.05) is 0 Å². The number of nitrogens with zero attached hydrogens (tertiary/aromatic N) is 4. The van der Waals surface area contributed by atoms with E-state index in [1.807, 2.05) is 0 Å². The van der Waals surface area contributed by atoms with E-state index in [0.29, 0.717) is 0 Å². The average Bonchev–Trinajstić information content (AvgIpc) is 2.80. The Hall–Kier alpha value is -2.78. The van der Waals surface area contributed by atoms with E-state index in [4.69, 9.17) is 0 Å². The summed E-state index contributed by atoms with van der Waals surface area (Å²) < 4.78 is 8.20. The van der Waals surface area contributed by atoms with Crippen LogP contribution < -0.4 is 9.81 Å². The summed E-state index contributed by atoms with van der Waals surface area (Å²) in [6, 6.07) is 0. The standard InChI is InChI=1S/C6N4O6/c11-5-1-3(9(13)15-7-1)6(12)4-2(5)8-16-10(4)14. The molecule has 0 spiro atoms. The third-order valence-electron chi connectivity index (χ3n) is 2.09. The number of hydrogen-bond donors (Lipinski definition) is 0. The van der Waals surface area contributed by atoms with E-state index in [1.54, 1.807) is 0 Å². The SMILES string of the molecule is O=C1c2no[n+]([O-])c2C(=O)c2c1no[n+]2[O-]. The Morgan fingerprint density at radius 3 is 1.75 bits per heavy atom. The molecular weight excluding hydrogens is 224 g/mol. The van der Waals surface area contributed by atoms with Gasteiger partial charge in [0.2, 0.25) is 0 Å². The minimum Gasteiger partial charge on any atom is -0.359 e. The molecule has 0 aromatic carbocycles. The molecule has 2 aromatic rings. The quantitative estimate of drug-likeness (QED) is 0.388. The van der Waals surface area contributed by atoms with E-state index in [0.717, 1.165) is 0 Å². The Morgan fingerprint density at radius 1 is 0.875 bits per heavy atom. The first kappa shape index (κ1) is 8.52. The molecule has 0 N–H and O–H groups in total. The number of hydrogen-bond acceptors (Lipinski definition) is 8. The molecule has 3 rings (SSSR count). The lowest BCUT2D eigenvalue weighted by molar-refractivity contribution is -0.809. The molecule has 0 atom stereocenters. The summed E-state index contributed by atoms with van der Waals surface area (Å²) in [4.78, 5) is 22.7. The predicted molar refractivity (Wildman–Crippen MR) is 37.8 cm³/mol. The first-order chi connectivity index (χ1) is 7.61. The molecule has 0 amide bonds. The van der Waals surface area contributed by atoms with Crippen LogP contribution in [-0.2, 0) is 0 Å². The van der Waals surface area contributed by atoms with Crippen LogP contribution in [-0.4, -0.2) is 21.9 Å². The highest BCUT2D eigenvalue weighted by Gasteiger charge is 2.49. The van der Waals surface area contributed by atoms with Crippen molar-refractivity contribution in [3.8, 4) is 0 Å². The highest BCUT2D eigenvalue weighted by Crippen LogP contribution is 2.19. The Labute approximate surface area is 84.7 Å². The fourth-order valence-electron chi connectivity index (χ4n) is 1.40. The van der Waals surface area contributed by atoms with Gasteiger partial charge >= 0.3 is 11.4 Å². The van der Waals surface area contributed by atoms with Crippen molar-refractivity contribution in [3.05, 3.63) is 33.2 Å². The number of aromatic nitrogens is 4. The molecule has 0 radical (unpaired) electrons. The minimum atomic E-state index is -1.02. The summed E-state index contributed by atoms with van der Waals surface area (Å²) in [7, 11) is 0. The van der Waals surface area contributed by atoms with Gasteiger partial charge in [-0.1, -0.05) is 0 Å². The second-order valence-corrected chi connectivity index (χ2v) is 2.91. The maximum Gasteiger partial charge on any atom is 0.304 e. The zero-order valence-electron chi connectivity index (χ0n) is 7.24. The molecule has 0 fully saturated rings. The van der Waals surface area contributed by atoms with Crippen LogP contribution in [0, 0.1) is 10.4 Å². The number of ketones is 2. The number of fused-ring (bicyclic) bond motifs is 2. The van der Waals surface area contributed by atoms with E-state index in [2.05, 4.69) is 19.6 Å². The van der Waals surface area contributed by atoms with Crippen molar-refractivity contribution < 1.29 is 28.7 Å². The maximum atomic E-state index is 11.6. The monoisotopic (exact) mass is 224 g/mol. The lowest BCUT2D eigenvalue weighted by Gasteiger charge is -1.98. The third kappa shape index (κ3) is 0.762. The van der Waals surface area contributed by atoms with Crippen LogP contribution in [0.25, 0.3) is 0 Å². The Kier molecular flexibility index (Phi) is 1.29. The van der Waals surface area contributed by atoms with E-state index >= 15 is 0 Å². The molecule has 0 bridgehead atoms. The van der Waals surface area contributed by atoms with Gasteiger partial charge in [0.15, 0.2) is 0 Å². The molecule has 2 heterocycles. The summed E-state index contributed by atoms with van der Waals surface area (Å²) in [6.45, 7) is 0. The number of carbonyl (C=O) groups excluding carboxylic acids is 2. The third-order valence-corrected chi connectivity index (χ3v) is 2.09. The summed E-state index contributed by atoms with van der Waals surface area (Å²) in [5, 5.41) is 28.2. The maximum absolute atomic E-state index is 11.6. The minimum absolute atomic E-state index is 0.245. The fraction of sp³-hybridized carbons (Fsp3) is 0. The second-order valence-electron chi connectivity index (χ2n) is 2.91. The van der Waals surface area contributed by atoms with Gasteiger partial charge in [-0.2, -0.15) is 0 Å². The van der Waals surface area contributed by atoms with Crippen LogP contribution in [0.3, 0.4) is 0 Å². The molecule has 10 heteroatoms. The first-order valence-corrected chi connectivity index (χ1v) is 3.90. The summed E-state index contributed by atoms with van der Waals surface area (Å²) in [5.74, 6) is -1.89. The number of carbonyl (C=O) groups is 2. The van der Waals surface area contributed by atoms with Gasteiger partial charge in [-0.25, -0.2) is 0 Å². The molecule has 10 nitrogen and oxygen atoms in total. The molecule has 2 aromatic heterocycles. The van der Waals surface area contributed by atoms with E-state index < -0.39 is 34.3 Å². The normalized spacial score (nSPS) is 13.8. The topological polar surface area (TPSA) is 140 Å². The van der Waals surface area contributed by atoms with Crippen LogP contribution in [0.2, 0.25) is 0 Å². The van der Waals surface area contributed by atoms with E-state index in [1.165, 1.54) is 0 Å². The molecule has 0 aliphatic heterocycles. The summed E-state index contributed by atoms with van der Waals surface area (Å²) >= 11 is 0. The van der Waals surface area contributed by atoms with Crippen molar-refractivity contribution in [1.29, 1.82) is 0 Å². The Balaban J connectivity index is 2.38. The van der Waals surface area contributed by atoms with Crippen LogP contribution >= 0.6 is 0 Å². The zero-order valence-corrected chi connectivity index (χ0v) is 7.24. The molecule has 1 aliphatic carbocycles. The van der Waals surface area contributed by atoms with Gasteiger partial charge in [-0.3, -0.25) is 18.8 Å². The van der Waals surface area contributed by atoms with Crippen molar-refractivity contribution in [2.45, 2.75) is 0 Å². The fourth-order valence-corrected chi connectivity index (χ4v) is 1.40. The lowest BCUT2D eigenvalue weighted by atomic mass is 9.99. The summed E-state index contributed by atoms with van der Waals surface area (Å²) in [6.07, 6.45) is 0. The molecular formula is C6N4O6. The first-order valence-electron chi connectivity index (χ1n) is 3.90. The lowest BCUT2D eigenvalue weighted by Crippen LogP contribution is -2.41. The second kappa shape index (κ2) is 2.42. The van der Waals surface area contributed by atoms with Gasteiger partial charge in [0.1, 0.15) is 0 Å². The van der Waals surface area contributed by atoms with Crippen LogP contribution in [0.4, 0.5) is 0 Å². The van der Waals surface area contributed by atoms with Gasteiger partial charge in [-0.05, 0) is 9.81 Å². The van der Waals surface area contributed by atoms with Crippen molar-refractivity contribution in [2.24, 2.45) is 0 Å². The predicted octanol–water partition coefficient (Wildman–Crippen LogP) is -2.30. The van der Waals surface area contributed by atoms with Gasteiger partial charge in [0, 0.05) is 0 Å². The largest absolute Gasteiger partial charge is 0.359 e. The summed E-state index contributed by atoms with van der Waals surface area (Å²) in [5.41, 5.74) is -2.27. The molecule has 0 saturated heterocycles. The van der Waals surface area contributed by atoms with Gasteiger partial charge in [0.25, 0.3) is 23.0 Å². The van der Waals surface area contributed by atoms with E-state index in [-0.39, 0.29) is 9.81 Å². The molecule has 80 valence electrons. The van der Waals surface area contributed by atoms with E-state index in [9.17, 15) is 20.0 Å². The molecule has 1 aliphatic rings. The van der Waals surface area contributed by atoms with Crippen molar-refractivity contribution in [3.63, 3.8) is 0 Å². The Morgan fingerprint density at radius 2 is 1.31 bits per heavy atom. The molecule has 0 saturated carbocycles. The number of rotatable bonds is 0. The van der Waals surface area contributed by atoms with Gasteiger partial charge in [0.05, 0.1) is 10.3 Å². The highest BCUT2D eigenvalue weighted by atomic mass is 16.8. The van der Waals surface area contributed by atoms with Crippen molar-refractivity contribution >= 4 is 11.6 Å². The average molecular weight is 224 g/mol. The Bertz CT molecular complexity index is 587. The smallest absolute Gasteiger partial charge is 0.304 e. The van der Waals surface area contributed by atoms with Crippen LogP contribution in [0.15, 0.2) is 9.26 Å². The van der Waals surface area contributed by atoms with Crippen LogP contribution in [0.1, 0.15) is 32.4 Å². The van der Waals surface area contributed by atoms with Crippen LogP contribution in [0.5, 0.6) is 0 Å². The highest BCUT2D eigenvalue weighted by molar-refractivity contribution is 6.23. The molecule has 16 heavy (non-hydrogen) atoms. The zero-order chi connectivity index (χ0) is 11.4. The van der Waals surface area contributed by atoms with Gasteiger partial charge < -0.3 is 10.4 Å². The van der Waals surface area contributed by atoms with Gasteiger partial charge in [-0.15, -0.1) is 0 Å². The van der Waals surface area contributed by atoms with Crippen molar-refractivity contribution in [1.82, 2.24) is 10.3 Å².